The molecule has 1 aromatic heterocycles. The van der Waals surface area contributed by atoms with Gasteiger partial charge >= 0.3 is 5.69 Å². The Balaban J connectivity index is 1.80. The molecule has 1 saturated heterocycles. The highest BCUT2D eigenvalue weighted by atomic mass is 16.2. The van der Waals surface area contributed by atoms with E-state index in [1.165, 1.54) is 4.68 Å². The fourth-order valence-electron chi connectivity index (χ4n) is 3.46. The number of nitrogens with two attached hydrogens (primary N) is 1. The molecule has 134 valence electrons. The van der Waals surface area contributed by atoms with E-state index in [2.05, 4.69) is 5.10 Å². The number of hydrogen-bond acceptors (Lipinski definition) is 4. The van der Waals surface area contributed by atoms with Gasteiger partial charge in [0.15, 0.2) is 0 Å². The minimum Gasteiger partial charge on any atom is -0.338 e. The fraction of sp³-hybridized carbons (Fsp3) is 0.500. The van der Waals surface area contributed by atoms with E-state index < -0.39 is 0 Å². The van der Waals surface area contributed by atoms with E-state index in [-0.39, 0.29) is 17.5 Å². The molecule has 1 aromatic carbocycles. The predicted molar refractivity (Wildman–Crippen MR) is 95.4 cm³/mol. The van der Waals surface area contributed by atoms with Crippen molar-refractivity contribution in [3.8, 4) is 0 Å². The van der Waals surface area contributed by atoms with Crippen molar-refractivity contribution >= 4 is 5.91 Å². The maximum Gasteiger partial charge on any atom is 0.345 e. The molecule has 2 heterocycles. The van der Waals surface area contributed by atoms with E-state index in [1.807, 2.05) is 36.1 Å². The zero-order valence-electron chi connectivity index (χ0n) is 14.8. The molecule has 0 spiro atoms. The second-order valence-corrected chi connectivity index (χ2v) is 6.50. The van der Waals surface area contributed by atoms with Crippen molar-refractivity contribution in [2.75, 3.05) is 13.1 Å². The largest absolute Gasteiger partial charge is 0.345 e. The third-order valence-electron chi connectivity index (χ3n) is 4.86. The van der Waals surface area contributed by atoms with Crippen LogP contribution >= 0.6 is 0 Å². The fourth-order valence-corrected chi connectivity index (χ4v) is 3.46. The lowest BCUT2D eigenvalue weighted by Crippen LogP contribution is -2.40. The SMILES string of the molecule is CCn1c(C2CCCN(C(=O)c3ccc(CN)cc3)C2)nn(C)c1=O. The van der Waals surface area contributed by atoms with Gasteiger partial charge < -0.3 is 10.6 Å². The molecule has 3 rings (SSSR count). The molecule has 1 amide bonds. The van der Waals surface area contributed by atoms with Gasteiger partial charge in [-0.05, 0) is 37.5 Å². The summed E-state index contributed by atoms with van der Waals surface area (Å²) in [5.74, 6) is 0.899. The molecule has 0 aliphatic carbocycles. The molecule has 0 bridgehead atoms. The van der Waals surface area contributed by atoms with E-state index in [0.717, 1.165) is 30.8 Å². The Labute approximate surface area is 147 Å². The Kier molecular flexibility index (Phi) is 5.03. The minimum atomic E-state index is -0.0988. The second-order valence-electron chi connectivity index (χ2n) is 6.50. The first-order chi connectivity index (χ1) is 12.0. The lowest BCUT2D eigenvalue weighted by molar-refractivity contribution is 0.0703. The summed E-state index contributed by atoms with van der Waals surface area (Å²) in [5, 5.41) is 4.41. The highest BCUT2D eigenvalue weighted by Crippen LogP contribution is 2.26. The summed E-state index contributed by atoms with van der Waals surface area (Å²) >= 11 is 0. The summed E-state index contributed by atoms with van der Waals surface area (Å²) in [6, 6.07) is 7.44. The van der Waals surface area contributed by atoms with E-state index >= 15 is 0 Å². The van der Waals surface area contributed by atoms with Crippen LogP contribution in [0.5, 0.6) is 0 Å². The van der Waals surface area contributed by atoms with Gasteiger partial charge in [-0.15, -0.1) is 0 Å². The average molecular weight is 343 g/mol. The smallest absolute Gasteiger partial charge is 0.338 e. The quantitative estimate of drug-likeness (QED) is 0.900. The average Bonchev–Trinajstić information content (AvgIpc) is 2.95. The number of benzene rings is 1. The molecule has 25 heavy (non-hydrogen) atoms. The van der Waals surface area contributed by atoms with Crippen molar-refractivity contribution in [1.29, 1.82) is 0 Å². The molecule has 0 radical (unpaired) electrons. The summed E-state index contributed by atoms with van der Waals surface area (Å²) in [7, 11) is 1.67. The Hall–Kier alpha value is -2.41. The van der Waals surface area contributed by atoms with Crippen LogP contribution in [0.2, 0.25) is 0 Å². The molecule has 0 saturated carbocycles. The monoisotopic (exact) mass is 343 g/mol. The molecule has 2 aromatic rings. The minimum absolute atomic E-state index is 0.0228. The van der Waals surface area contributed by atoms with Gasteiger partial charge in [0.2, 0.25) is 0 Å². The van der Waals surface area contributed by atoms with E-state index in [4.69, 9.17) is 5.73 Å². The number of nitrogens with zero attached hydrogens (tertiary/aromatic N) is 4. The number of carbonyl (C=O) groups is 1. The number of carbonyl (C=O) groups excluding carboxylic acids is 1. The van der Waals surface area contributed by atoms with Gasteiger partial charge in [-0.25, -0.2) is 9.48 Å². The number of piperidine rings is 1. The summed E-state index contributed by atoms with van der Waals surface area (Å²) in [4.78, 5) is 26.8. The molecule has 7 heteroatoms. The highest BCUT2D eigenvalue weighted by molar-refractivity contribution is 5.94. The van der Waals surface area contributed by atoms with Gasteiger partial charge in [0, 0.05) is 44.7 Å². The lowest BCUT2D eigenvalue weighted by atomic mass is 9.96. The van der Waals surface area contributed by atoms with Gasteiger partial charge in [-0.2, -0.15) is 5.10 Å². The third-order valence-corrected chi connectivity index (χ3v) is 4.86. The van der Waals surface area contributed by atoms with Gasteiger partial charge in [0.05, 0.1) is 0 Å². The van der Waals surface area contributed by atoms with Crippen molar-refractivity contribution in [1.82, 2.24) is 19.2 Å². The number of hydrogen-bond donors (Lipinski definition) is 1. The van der Waals surface area contributed by atoms with Crippen LogP contribution in [-0.2, 0) is 20.1 Å². The van der Waals surface area contributed by atoms with Crippen LogP contribution < -0.4 is 11.4 Å². The number of aryl methyl sites for hydroxylation is 1. The number of likely N-dealkylation sites (tertiary alicyclic amines) is 1. The summed E-state index contributed by atoms with van der Waals surface area (Å²) in [5.41, 5.74) is 7.19. The van der Waals surface area contributed by atoms with Crippen LogP contribution in [0, 0.1) is 0 Å². The summed E-state index contributed by atoms with van der Waals surface area (Å²) in [6.45, 7) is 4.32. The molecule has 7 nitrogen and oxygen atoms in total. The molecule has 1 atom stereocenters. The van der Waals surface area contributed by atoms with Crippen LogP contribution in [0.15, 0.2) is 29.1 Å². The van der Waals surface area contributed by atoms with Gasteiger partial charge in [-0.1, -0.05) is 12.1 Å². The van der Waals surface area contributed by atoms with Crippen LogP contribution in [0.4, 0.5) is 0 Å². The summed E-state index contributed by atoms with van der Waals surface area (Å²) in [6.07, 6.45) is 1.85. The number of amides is 1. The van der Waals surface area contributed by atoms with Gasteiger partial charge in [-0.3, -0.25) is 9.36 Å². The van der Waals surface area contributed by atoms with Crippen LogP contribution in [0.3, 0.4) is 0 Å². The van der Waals surface area contributed by atoms with E-state index in [1.54, 1.807) is 11.6 Å². The van der Waals surface area contributed by atoms with E-state index in [0.29, 0.717) is 25.2 Å². The molecule has 1 unspecified atom stereocenters. The van der Waals surface area contributed by atoms with Gasteiger partial charge in [0.25, 0.3) is 5.91 Å². The molecule has 2 N–H and O–H groups in total. The van der Waals surface area contributed by atoms with Crippen molar-refractivity contribution in [2.45, 2.75) is 38.8 Å². The first-order valence-corrected chi connectivity index (χ1v) is 8.77. The topological polar surface area (TPSA) is 86.2 Å². The Morgan fingerprint density at radius 2 is 2.04 bits per heavy atom. The number of aromatic nitrogens is 3. The Morgan fingerprint density at radius 1 is 1.32 bits per heavy atom. The maximum atomic E-state index is 12.8. The maximum absolute atomic E-state index is 12.8. The molecule has 1 aliphatic rings. The molecule has 1 aliphatic heterocycles. The molecular formula is C18H25N5O2. The second kappa shape index (κ2) is 7.23. The highest BCUT2D eigenvalue weighted by Gasteiger charge is 2.29. The van der Waals surface area contributed by atoms with Crippen LogP contribution in [-0.4, -0.2) is 38.2 Å². The third kappa shape index (κ3) is 3.37. The lowest BCUT2D eigenvalue weighted by Gasteiger charge is -2.32. The predicted octanol–water partition coefficient (Wildman–Crippen LogP) is 1.08. The van der Waals surface area contributed by atoms with Crippen molar-refractivity contribution in [3.05, 3.63) is 51.7 Å². The van der Waals surface area contributed by atoms with Crippen molar-refractivity contribution in [2.24, 2.45) is 12.8 Å². The van der Waals surface area contributed by atoms with Crippen LogP contribution in [0.25, 0.3) is 0 Å². The zero-order valence-corrected chi connectivity index (χ0v) is 14.8. The molecule has 1 fully saturated rings. The van der Waals surface area contributed by atoms with Gasteiger partial charge in [0.1, 0.15) is 5.82 Å². The molecular weight excluding hydrogens is 318 g/mol. The van der Waals surface area contributed by atoms with Crippen LogP contribution in [0.1, 0.15) is 47.4 Å². The Morgan fingerprint density at radius 3 is 2.68 bits per heavy atom. The standard InChI is InChI=1S/C18H25N5O2/c1-3-23-16(20-21(2)18(23)25)15-5-4-10-22(12-15)17(24)14-8-6-13(11-19)7-9-14/h6-9,15H,3-5,10-12,19H2,1-2H3. The normalized spacial score (nSPS) is 17.7. The first kappa shape index (κ1) is 17.4. The first-order valence-electron chi connectivity index (χ1n) is 8.77. The Bertz CT molecular complexity index is 806. The summed E-state index contributed by atoms with van der Waals surface area (Å²) < 4.78 is 3.08. The van der Waals surface area contributed by atoms with Crippen molar-refractivity contribution in [3.63, 3.8) is 0 Å². The van der Waals surface area contributed by atoms with Crippen molar-refractivity contribution < 1.29 is 4.79 Å². The number of rotatable bonds is 4. The van der Waals surface area contributed by atoms with E-state index in [9.17, 15) is 9.59 Å². The zero-order chi connectivity index (χ0) is 18.0.